The molecular formula is C31H30N4O2. The lowest BCUT2D eigenvalue weighted by Crippen LogP contribution is -2.30. The molecular weight excluding hydrogens is 460 g/mol. The van der Waals surface area contributed by atoms with Crippen molar-refractivity contribution in [2.24, 2.45) is 11.8 Å². The van der Waals surface area contributed by atoms with Crippen molar-refractivity contribution in [2.45, 2.75) is 25.8 Å². The topological polar surface area (TPSA) is 63.1 Å². The minimum atomic E-state index is 0.281. The lowest BCUT2D eigenvalue weighted by Gasteiger charge is -2.18. The highest BCUT2D eigenvalue weighted by molar-refractivity contribution is 5.86. The van der Waals surface area contributed by atoms with Crippen LogP contribution in [0, 0.1) is 11.8 Å². The third-order valence-corrected chi connectivity index (χ3v) is 7.95. The predicted octanol–water partition coefficient (Wildman–Crippen LogP) is 6.12. The zero-order valence-corrected chi connectivity index (χ0v) is 21.0. The minimum absolute atomic E-state index is 0.281. The van der Waals surface area contributed by atoms with Gasteiger partial charge in [-0.1, -0.05) is 36.4 Å². The second kappa shape index (κ2) is 8.80. The molecule has 1 unspecified atom stereocenters. The molecule has 1 aliphatic heterocycles. The normalized spacial score (nSPS) is 17.6. The summed E-state index contributed by atoms with van der Waals surface area (Å²) < 4.78 is 7.86. The fourth-order valence-electron chi connectivity index (χ4n) is 5.70. The first kappa shape index (κ1) is 22.2. The minimum Gasteiger partial charge on any atom is -0.497 e. The molecule has 3 aromatic carbocycles. The van der Waals surface area contributed by atoms with Crippen molar-refractivity contribution in [1.29, 1.82) is 0 Å². The quantitative estimate of drug-likeness (QED) is 0.312. The Labute approximate surface area is 215 Å². The number of amides is 1. The molecule has 1 amide bonds. The Balaban J connectivity index is 1.22. The summed E-state index contributed by atoms with van der Waals surface area (Å²) in [5, 5.41) is 1.22. The van der Waals surface area contributed by atoms with E-state index in [1.807, 2.05) is 18.3 Å². The summed E-state index contributed by atoms with van der Waals surface area (Å²) in [6.45, 7) is 2.53. The first-order valence-corrected chi connectivity index (χ1v) is 13.2. The van der Waals surface area contributed by atoms with Crippen LogP contribution in [0.4, 0.5) is 0 Å². The van der Waals surface area contributed by atoms with E-state index in [2.05, 4.69) is 69.0 Å². The fourth-order valence-corrected chi connectivity index (χ4v) is 5.70. The number of nitrogens with zero attached hydrogens (tertiary/aromatic N) is 3. The van der Waals surface area contributed by atoms with Gasteiger partial charge < -0.3 is 19.2 Å². The van der Waals surface area contributed by atoms with Crippen molar-refractivity contribution in [1.82, 2.24) is 19.4 Å². The Hall–Kier alpha value is -4.06. The summed E-state index contributed by atoms with van der Waals surface area (Å²) >= 11 is 0. The largest absolute Gasteiger partial charge is 0.497 e. The lowest BCUT2D eigenvalue weighted by molar-refractivity contribution is -0.131. The molecule has 6 heteroatoms. The summed E-state index contributed by atoms with van der Waals surface area (Å²) in [5.74, 6) is 2.84. The molecule has 2 aromatic heterocycles. The average molecular weight is 491 g/mol. The summed E-state index contributed by atoms with van der Waals surface area (Å²) in [4.78, 5) is 23.1. The van der Waals surface area contributed by atoms with E-state index in [4.69, 9.17) is 9.72 Å². The second-order valence-corrected chi connectivity index (χ2v) is 10.5. The number of imidazole rings is 1. The summed E-state index contributed by atoms with van der Waals surface area (Å²) in [7, 11) is 1.70. The van der Waals surface area contributed by atoms with Gasteiger partial charge in [0.25, 0.3) is 0 Å². The van der Waals surface area contributed by atoms with Crippen LogP contribution < -0.4 is 4.74 Å². The van der Waals surface area contributed by atoms with Gasteiger partial charge >= 0.3 is 0 Å². The van der Waals surface area contributed by atoms with Gasteiger partial charge in [-0.25, -0.2) is 4.98 Å². The SMILES string of the molecule is COc1ccc2nc(-c3ccc(-c4ccc5cc[nH]c5c4)cc3)n(CC3CCN(C(=O)C4CC4)C3)c2c1. The zero-order valence-electron chi connectivity index (χ0n) is 21.0. The smallest absolute Gasteiger partial charge is 0.225 e. The number of likely N-dealkylation sites (tertiary alicyclic amines) is 1. The van der Waals surface area contributed by atoms with Gasteiger partial charge in [0.15, 0.2) is 0 Å². The van der Waals surface area contributed by atoms with Gasteiger partial charge in [0.1, 0.15) is 11.6 Å². The molecule has 1 aliphatic carbocycles. The van der Waals surface area contributed by atoms with Crippen LogP contribution in [0.5, 0.6) is 5.75 Å². The number of H-pyrrole nitrogens is 1. The number of carbonyl (C=O) groups excluding carboxylic acids is 1. The van der Waals surface area contributed by atoms with E-state index >= 15 is 0 Å². The molecule has 1 atom stereocenters. The third-order valence-electron chi connectivity index (χ3n) is 7.95. The number of carbonyl (C=O) groups is 1. The van der Waals surface area contributed by atoms with Crippen LogP contribution in [0.2, 0.25) is 0 Å². The number of hydrogen-bond donors (Lipinski definition) is 1. The van der Waals surface area contributed by atoms with Crippen molar-refractivity contribution in [3.05, 3.63) is 72.9 Å². The van der Waals surface area contributed by atoms with Crippen LogP contribution in [0.15, 0.2) is 72.9 Å². The number of nitrogens with one attached hydrogen (secondary N) is 1. The van der Waals surface area contributed by atoms with E-state index in [-0.39, 0.29) is 5.92 Å². The van der Waals surface area contributed by atoms with E-state index in [0.29, 0.717) is 11.8 Å². The monoisotopic (exact) mass is 490 g/mol. The molecule has 2 fully saturated rings. The van der Waals surface area contributed by atoms with E-state index in [1.165, 1.54) is 16.5 Å². The number of benzene rings is 3. The Morgan fingerprint density at radius 1 is 0.973 bits per heavy atom. The van der Waals surface area contributed by atoms with Gasteiger partial charge in [0.05, 0.1) is 18.1 Å². The number of methoxy groups -OCH3 is 1. The molecule has 3 heterocycles. The Bertz CT molecular complexity index is 1610. The standard InChI is InChI=1S/C31H30N4O2/c1-37-26-10-11-27-29(17-26)35(19-20-13-15-34(18-20)31(36)24-7-8-24)30(33-27)23-5-2-21(3-6-23)25-9-4-22-12-14-32-28(22)16-25/h2-6,9-12,14,16-17,20,24,32H,7-8,13,15,18-19H2,1H3. The van der Waals surface area contributed by atoms with Crippen LogP contribution in [0.1, 0.15) is 19.3 Å². The highest BCUT2D eigenvalue weighted by Gasteiger charge is 2.36. The zero-order chi connectivity index (χ0) is 24.9. The van der Waals surface area contributed by atoms with Crippen molar-refractivity contribution in [2.75, 3.05) is 20.2 Å². The molecule has 2 aliphatic rings. The number of ether oxygens (including phenoxy) is 1. The molecule has 37 heavy (non-hydrogen) atoms. The van der Waals surface area contributed by atoms with Gasteiger partial charge in [-0.2, -0.15) is 0 Å². The molecule has 6 nitrogen and oxygen atoms in total. The Morgan fingerprint density at radius 3 is 2.59 bits per heavy atom. The average Bonchev–Trinajstić information content (AvgIpc) is 3.33. The number of aromatic nitrogens is 3. The van der Waals surface area contributed by atoms with E-state index < -0.39 is 0 Å². The van der Waals surface area contributed by atoms with Gasteiger partial charge in [-0.15, -0.1) is 0 Å². The molecule has 7 rings (SSSR count). The van der Waals surface area contributed by atoms with Crippen molar-refractivity contribution in [3.63, 3.8) is 0 Å². The van der Waals surface area contributed by atoms with Crippen LogP contribution in [-0.4, -0.2) is 45.5 Å². The highest BCUT2D eigenvalue weighted by Crippen LogP contribution is 2.35. The molecule has 0 bridgehead atoms. The van der Waals surface area contributed by atoms with E-state index in [1.54, 1.807) is 7.11 Å². The van der Waals surface area contributed by atoms with Crippen LogP contribution in [0.25, 0.3) is 44.5 Å². The predicted molar refractivity (Wildman–Crippen MR) is 146 cm³/mol. The molecule has 1 saturated carbocycles. The summed E-state index contributed by atoms with van der Waals surface area (Å²) in [5.41, 5.74) is 6.62. The van der Waals surface area contributed by atoms with Crippen molar-refractivity contribution in [3.8, 4) is 28.3 Å². The van der Waals surface area contributed by atoms with Crippen molar-refractivity contribution < 1.29 is 9.53 Å². The summed E-state index contributed by atoms with van der Waals surface area (Å²) in [6.07, 6.45) is 5.13. The van der Waals surface area contributed by atoms with Gasteiger partial charge in [0.2, 0.25) is 5.91 Å². The molecule has 1 N–H and O–H groups in total. The van der Waals surface area contributed by atoms with Crippen LogP contribution >= 0.6 is 0 Å². The van der Waals surface area contributed by atoms with Crippen LogP contribution in [-0.2, 0) is 11.3 Å². The first-order chi connectivity index (χ1) is 18.2. The Kier molecular flexibility index (Phi) is 5.27. The molecule has 186 valence electrons. The maximum Gasteiger partial charge on any atom is 0.225 e. The number of rotatable bonds is 6. The first-order valence-electron chi connectivity index (χ1n) is 13.2. The molecule has 1 saturated heterocycles. The maximum atomic E-state index is 12.6. The molecule has 0 spiro atoms. The van der Waals surface area contributed by atoms with E-state index in [9.17, 15) is 4.79 Å². The van der Waals surface area contributed by atoms with Gasteiger partial charge in [0, 0.05) is 48.9 Å². The van der Waals surface area contributed by atoms with Gasteiger partial charge in [-0.3, -0.25) is 4.79 Å². The maximum absolute atomic E-state index is 12.6. The van der Waals surface area contributed by atoms with Crippen molar-refractivity contribution >= 4 is 27.8 Å². The highest BCUT2D eigenvalue weighted by atomic mass is 16.5. The Morgan fingerprint density at radius 2 is 1.78 bits per heavy atom. The second-order valence-electron chi connectivity index (χ2n) is 10.5. The number of aromatic amines is 1. The van der Waals surface area contributed by atoms with Gasteiger partial charge in [-0.05, 0) is 66.0 Å². The fraction of sp³-hybridized carbons (Fsp3) is 0.290. The molecule has 5 aromatic rings. The lowest BCUT2D eigenvalue weighted by atomic mass is 10.0. The number of fused-ring (bicyclic) bond motifs is 2. The molecule has 0 radical (unpaired) electrons. The number of hydrogen-bond acceptors (Lipinski definition) is 3. The summed E-state index contributed by atoms with van der Waals surface area (Å²) in [6, 6.07) is 23.4. The van der Waals surface area contributed by atoms with E-state index in [0.717, 1.165) is 72.6 Å². The third kappa shape index (κ3) is 4.06. The van der Waals surface area contributed by atoms with Crippen LogP contribution in [0.3, 0.4) is 0 Å².